The van der Waals surface area contributed by atoms with Crippen molar-refractivity contribution >= 4 is 11.9 Å². The highest BCUT2D eigenvalue weighted by Crippen LogP contribution is 2.06. The largest absolute Gasteiger partial charge is 0.464 e. The number of nitrogens with zero attached hydrogens (tertiary/aromatic N) is 2. The van der Waals surface area contributed by atoms with Gasteiger partial charge in [-0.1, -0.05) is 0 Å². The molecule has 1 atom stereocenters. The van der Waals surface area contributed by atoms with E-state index in [1.54, 1.807) is 14.0 Å². The van der Waals surface area contributed by atoms with Gasteiger partial charge in [0.05, 0.1) is 6.61 Å². The van der Waals surface area contributed by atoms with E-state index in [2.05, 4.69) is 4.90 Å². The van der Waals surface area contributed by atoms with Gasteiger partial charge < -0.3 is 20.3 Å². The Kier molecular flexibility index (Phi) is 6.07. The molecule has 0 aromatic heterocycles. The van der Waals surface area contributed by atoms with Crippen molar-refractivity contribution in [1.82, 2.24) is 9.80 Å². The summed E-state index contributed by atoms with van der Waals surface area (Å²) in [6, 6.07) is -1.20. The molecule has 104 valence electrons. The minimum absolute atomic E-state index is 0.233. The molecule has 1 amide bonds. The first-order valence-corrected chi connectivity index (χ1v) is 6.45. The molecule has 1 heterocycles. The van der Waals surface area contributed by atoms with Gasteiger partial charge in [-0.05, 0) is 32.9 Å². The SMILES string of the molecule is CCOC(=O)C(N)C(=O)N(C)CCN1CCCC1. The third-order valence-corrected chi connectivity index (χ3v) is 3.13. The van der Waals surface area contributed by atoms with Crippen molar-refractivity contribution < 1.29 is 14.3 Å². The van der Waals surface area contributed by atoms with Crippen molar-refractivity contribution in [2.45, 2.75) is 25.8 Å². The van der Waals surface area contributed by atoms with Crippen LogP contribution < -0.4 is 5.73 Å². The van der Waals surface area contributed by atoms with Crippen molar-refractivity contribution in [2.75, 3.05) is 39.8 Å². The topological polar surface area (TPSA) is 75.9 Å². The lowest BCUT2D eigenvalue weighted by atomic mass is 10.2. The summed E-state index contributed by atoms with van der Waals surface area (Å²) >= 11 is 0. The van der Waals surface area contributed by atoms with Gasteiger partial charge in [0.25, 0.3) is 5.91 Å². The van der Waals surface area contributed by atoms with E-state index in [0.717, 1.165) is 19.6 Å². The Hall–Kier alpha value is -1.14. The number of hydrogen-bond acceptors (Lipinski definition) is 5. The first-order chi connectivity index (χ1) is 8.56. The minimum Gasteiger partial charge on any atom is -0.464 e. The number of hydrogen-bond donors (Lipinski definition) is 1. The average Bonchev–Trinajstić information content (AvgIpc) is 2.87. The van der Waals surface area contributed by atoms with Crippen molar-refractivity contribution in [3.05, 3.63) is 0 Å². The van der Waals surface area contributed by atoms with E-state index in [1.165, 1.54) is 17.7 Å². The van der Waals surface area contributed by atoms with Gasteiger partial charge in [-0.25, -0.2) is 4.79 Å². The van der Waals surface area contributed by atoms with E-state index in [9.17, 15) is 9.59 Å². The van der Waals surface area contributed by atoms with Gasteiger partial charge in [-0.15, -0.1) is 0 Å². The summed E-state index contributed by atoms with van der Waals surface area (Å²) < 4.78 is 4.73. The summed E-state index contributed by atoms with van der Waals surface area (Å²) in [5, 5.41) is 0. The number of carbonyl (C=O) groups excluding carboxylic acids is 2. The van der Waals surface area contributed by atoms with E-state index >= 15 is 0 Å². The number of carbonyl (C=O) groups is 2. The molecular formula is C12H23N3O3. The quantitative estimate of drug-likeness (QED) is 0.509. The van der Waals surface area contributed by atoms with Crippen LogP contribution in [0.15, 0.2) is 0 Å². The van der Waals surface area contributed by atoms with Crippen LogP contribution in [0, 0.1) is 0 Å². The van der Waals surface area contributed by atoms with Crippen LogP contribution in [0.25, 0.3) is 0 Å². The van der Waals surface area contributed by atoms with Crippen molar-refractivity contribution in [1.29, 1.82) is 0 Å². The summed E-state index contributed by atoms with van der Waals surface area (Å²) in [6.07, 6.45) is 2.44. The lowest BCUT2D eigenvalue weighted by Gasteiger charge is -2.23. The van der Waals surface area contributed by atoms with Crippen molar-refractivity contribution in [2.24, 2.45) is 5.73 Å². The molecule has 0 aliphatic carbocycles. The third-order valence-electron chi connectivity index (χ3n) is 3.13. The molecule has 0 saturated carbocycles. The Labute approximate surface area is 108 Å². The zero-order valence-corrected chi connectivity index (χ0v) is 11.2. The number of likely N-dealkylation sites (N-methyl/N-ethyl adjacent to an activating group) is 1. The van der Waals surface area contributed by atoms with Crippen LogP contribution in [-0.4, -0.2) is 67.6 Å². The smallest absolute Gasteiger partial charge is 0.332 e. The number of esters is 1. The van der Waals surface area contributed by atoms with Crippen LogP contribution in [0.3, 0.4) is 0 Å². The van der Waals surface area contributed by atoms with Crippen LogP contribution in [-0.2, 0) is 14.3 Å². The molecule has 0 aromatic rings. The van der Waals surface area contributed by atoms with Crippen LogP contribution in [0.5, 0.6) is 0 Å². The van der Waals surface area contributed by atoms with E-state index in [4.69, 9.17) is 10.5 Å². The highest BCUT2D eigenvalue weighted by molar-refractivity contribution is 6.01. The third kappa shape index (κ3) is 4.27. The van der Waals surface area contributed by atoms with Gasteiger partial charge in [0, 0.05) is 20.1 Å². The van der Waals surface area contributed by atoms with Crippen LogP contribution in [0.2, 0.25) is 0 Å². The molecule has 1 unspecified atom stereocenters. The van der Waals surface area contributed by atoms with Gasteiger partial charge in [0.2, 0.25) is 0 Å². The Bertz CT molecular complexity index is 290. The van der Waals surface area contributed by atoms with E-state index < -0.39 is 12.0 Å². The molecule has 0 aromatic carbocycles. The molecule has 2 N–H and O–H groups in total. The fraction of sp³-hybridized carbons (Fsp3) is 0.833. The summed E-state index contributed by atoms with van der Waals surface area (Å²) in [7, 11) is 1.66. The standard InChI is InChI=1S/C12H23N3O3/c1-3-18-12(17)10(13)11(16)14(2)8-9-15-6-4-5-7-15/h10H,3-9,13H2,1-2H3. The maximum Gasteiger partial charge on any atom is 0.332 e. The Morgan fingerprint density at radius 3 is 2.56 bits per heavy atom. The number of rotatable bonds is 6. The van der Waals surface area contributed by atoms with Gasteiger partial charge in [0.1, 0.15) is 0 Å². The van der Waals surface area contributed by atoms with Gasteiger partial charge in [-0.3, -0.25) is 4.79 Å². The number of nitrogens with two attached hydrogens (primary N) is 1. The molecule has 1 rings (SSSR count). The second kappa shape index (κ2) is 7.33. The highest BCUT2D eigenvalue weighted by Gasteiger charge is 2.26. The molecule has 1 fully saturated rings. The summed E-state index contributed by atoms with van der Waals surface area (Å²) in [5.41, 5.74) is 5.55. The molecule has 1 aliphatic heterocycles. The first-order valence-electron chi connectivity index (χ1n) is 6.45. The second-order valence-corrected chi connectivity index (χ2v) is 4.54. The zero-order chi connectivity index (χ0) is 13.5. The van der Waals surface area contributed by atoms with Crippen LogP contribution >= 0.6 is 0 Å². The van der Waals surface area contributed by atoms with Gasteiger partial charge in [0.15, 0.2) is 6.04 Å². The molecule has 0 radical (unpaired) electrons. The van der Waals surface area contributed by atoms with E-state index in [1.807, 2.05) is 0 Å². The average molecular weight is 257 g/mol. The van der Waals surface area contributed by atoms with Crippen molar-refractivity contribution in [3.8, 4) is 0 Å². The molecule has 0 spiro atoms. The molecule has 6 heteroatoms. The maximum atomic E-state index is 11.8. The predicted molar refractivity (Wildman–Crippen MR) is 67.9 cm³/mol. The Balaban J connectivity index is 2.32. The normalized spacial score (nSPS) is 17.5. The molecule has 1 saturated heterocycles. The number of amides is 1. The summed E-state index contributed by atoms with van der Waals surface area (Å²) in [4.78, 5) is 27.0. The predicted octanol–water partition coefficient (Wildman–Crippen LogP) is -0.569. The monoisotopic (exact) mass is 257 g/mol. The van der Waals surface area contributed by atoms with Gasteiger partial charge in [-0.2, -0.15) is 0 Å². The fourth-order valence-electron chi connectivity index (χ4n) is 1.98. The Morgan fingerprint density at radius 1 is 1.39 bits per heavy atom. The molecule has 0 bridgehead atoms. The first kappa shape index (κ1) is 14.9. The number of ether oxygens (including phenoxy) is 1. The summed E-state index contributed by atoms with van der Waals surface area (Å²) in [5.74, 6) is -1.04. The van der Waals surface area contributed by atoms with Crippen molar-refractivity contribution in [3.63, 3.8) is 0 Å². The molecule has 18 heavy (non-hydrogen) atoms. The van der Waals surface area contributed by atoms with E-state index in [-0.39, 0.29) is 12.5 Å². The lowest BCUT2D eigenvalue weighted by Crippen LogP contribution is -2.49. The number of likely N-dealkylation sites (tertiary alicyclic amines) is 1. The lowest BCUT2D eigenvalue weighted by molar-refractivity contribution is -0.150. The Morgan fingerprint density at radius 2 is 2.00 bits per heavy atom. The molecule has 6 nitrogen and oxygen atoms in total. The van der Waals surface area contributed by atoms with E-state index in [0.29, 0.717) is 6.54 Å². The summed E-state index contributed by atoms with van der Waals surface area (Å²) in [6.45, 7) is 5.52. The maximum absolute atomic E-state index is 11.8. The van der Waals surface area contributed by atoms with Gasteiger partial charge >= 0.3 is 5.97 Å². The minimum atomic E-state index is -1.20. The molecule has 1 aliphatic rings. The zero-order valence-electron chi connectivity index (χ0n) is 11.2. The fourth-order valence-corrected chi connectivity index (χ4v) is 1.98. The second-order valence-electron chi connectivity index (χ2n) is 4.54. The molecular weight excluding hydrogens is 234 g/mol. The van der Waals surface area contributed by atoms with Crippen LogP contribution in [0.1, 0.15) is 19.8 Å². The van der Waals surface area contributed by atoms with Crippen LogP contribution in [0.4, 0.5) is 0 Å². The highest BCUT2D eigenvalue weighted by atomic mass is 16.5.